The van der Waals surface area contributed by atoms with Crippen LogP contribution in [0, 0.1) is 13.8 Å². The Kier molecular flexibility index (Phi) is 10.3. The summed E-state index contributed by atoms with van der Waals surface area (Å²) >= 11 is 0. The number of rotatable bonds is 6. The highest BCUT2D eigenvalue weighted by Gasteiger charge is 2.24. The lowest BCUT2D eigenvalue weighted by Crippen LogP contribution is -2.04. The molecule has 1 unspecified atom stereocenters. The average Bonchev–Trinajstić information content (AvgIpc) is 4.05. The molecule has 0 spiro atoms. The van der Waals surface area contributed by atoms with E-state index in [1.54, 1.807) is 0 Å². The molecule has 0 saturated carbocycles. The van der Waals surface area contributed by atoms with Gasteiger partial charge in [0.05, 0.1) is 27.8 Å². The van der Waals surface area contributed by atoms with Crippen molar-refractivity contribution in [3.63, 3.8) is 0 Å². The molecule has 0 radical (unpaired) electrons. The molecule has 3 aromatic heterocycles. The third kappa shape index (κ3) is 7.22. The Morgan fingerprint density at radius 1 is 0.500 bits per heavy atom. The molecule has 0 saturated heterocycles. The number of aryl methyl sites for hydroxylation is 2. The predicted molar refractivity (Wildman–Crippen MR) is 286 cm³/mol. The van der Waals surface area contributed by atoms with Crippen molar-refractivity contribution in [2.24, 2.45) is 4.99 Å². The smallest absolute Gasteiger partial charge is 0.135 e. The number of hydrogen-bond donors (Lipinski definition) is 0. The summed E-state index contributed by atoms with van der Waals surface area (Å²) in [7, 11) is 0. The number of fused-ring (bicyclic) bond motifs is 9. The molecule has 1 aliphatic rings. The van der Waals surface area contributed by atoms with E-state index >= 15 is 0 Å². The standard InChI is InChI=1S/C49H34N2O.C15H15N/c1-31-11-10-18-48-49(31)42-30-35(22-26-47(42)52-48)34-21-25-46-41(29-34)40-28-33(20-24-45(40)51(46)37-14-6-3-7-15-37)32-19-23-44-39(27-32)38-16-8-9-17-43(38)50(44)36-12-4-2-5-13-36;1-12-8-6-7-11-15(12)16-13(2)14-9-4-3-5-10-14/h2-29,35H,30H2,1H3;3-11H,1-2H3. The first-order valence-electron chi connectivity index (χ1n) is 23.5. The third-order valence-electron chi connectivity index (χ3n) is 13.8. The highest BCUT2D eigenvalue weighted by Crippen LogP contribution is 2.42. The van der Waals surface area contributed by atoms with Crippen molar-refractivity contribution in [3.8, 4) is 22.5 Å². The predicted octanol–water partition coefficient (Wildman–Crippen LogP) is 17.1. The van der Waals surface area contributed by atoms with Gasteiger partial charge in [-0.1, -0.05) is 140 Å². The zero-order chi connectivity index (χ0) is 45.7. The summed E-state index contributed by atoms with van der Waals surface area (Å²) in [4.78, 5) is 4.65. The molecule has 0 aliphatic heterocycles. The summed E-state index contributed by atoms with van der Waals surface area (Å²) in [5.41, 5.74) is 19.0. The van der Waals surface area contributed by atoms with E-state index in [9.17, 15) is 0 Å². The fourth-order valence-electron chi connectivity index (χ4n) is 10.4. The Balaban J connectivity index is 0.000000255. The molecule has 0 N–H and O–H groups in total. The Bertz CT molecular complexity index is 3900. The summed E-state index contributed by atoms with van der Waals surface area (Å²) < 4.78 is 11.1. The van der Waals surface area contributed by atoms with Crippen LogP contribution in [-0.2, 0) is 6.42 Å². The van der Waals surface area contributed by atoms with Gasteiger partial charge in [0.25, 0.3) is 0 Å². The maximum absolute atomic E-state index is 6.27. The van der Waals surface area contributed by atoms with Gasteiger partial charge in [-0.3, -0.25) is 4.99 Å². The van der Waals surface area contributed by atoms with Crippen LogP contribution in [0.5, 0.6) is 0 Å². The van der Waals surface area contributed by atoms with Crippen molar-refractivity contribution in [3.05, 3.63) is 252 Å². The minimum absolute atomic E-state index is 0.264. The first-order valence-corrected chi connectivity index (χ1v) is 23.5. The first kappa shape index (κ1) is 41.0. The van der Waals surface area contributed by atoms with Crippen LogP contribution in [0.2, 0.25) is 0 Å². The Hall–Kier alpha value is -8.47. The summed E-state index contributed by atoms with van der Waals surface area (Å²) in [5.74, 6) is 1.26. The molecule has 1 aliphatic carbocycles. The maximum atomic E-state index is 6.27. The minimum atomic E-state index is 0.264. The van der Waals surface area contributed by atoms with Crippen molar-refractivity contribution in [1.29, 1.82) is 0 Å². The largest absolute Gasteiger partial charge is 0.456 e. The van der Waals surface area contributed by atoms with Crippen molar-refractivity contribution in [1.82, 2.24) is 9.13 Å². The molecule has 9 aromatic carbocycles. The monoisotopic (exact) mass is 875 g/mol. The lowest BCUT2D eigenvalue weighted by molar-refractivity contribution is 0.591. The van der Waals surface area contributed by atoms with E-state index in [0.717, 1.165) is 29.2 Å². The summed E-state index contributed by atoms with van der Waals surface area (Å²) in [6, 6.07) is 76.0. The van der Waals surface area contributed by atoms with Crippen LogP contribution in [0.15, 0.2) is 228 Å². The fraction of sp³-hybridized carbons (Fsp3) is 0.0781. The summed E-state index contributed by atoms with van der Waals surface area (Å²) in [6.07, 6.45) is 5.43. The summed E-state index contributed by atoms with van der Waals surface area (Å²) in [5, 5.41) is 6.32. The van der Waals surface area contributed by atoms with Crippen LogP contribution < -0.4 is 0 Å². The van der Waals surface area contributed by atoms with Crippen molar-refractivity contribution >= 4 is 72.1 Å². The maximum Gasteiger partial charge on any atom is 0.135 e. The molecule has 3 heterocycles. The molecule has 0 fully saturated rings. The Labute approximate surface area is 396 Å². The van der Waals surface area contributed by atoms with Gasteiger partial charge in [0.2, 0.25) is 0 Å². The number of benzene rings is 9. The first-order chi connectivity index (χ1) is 33.5. The molecule has 13 rings (SSSR count). The number of furan rings is 1. The molecule has 1 atom stereocenters. The molecular weight excluding hydrogens is 827 g/mol. The van der Waals surface area contributed by atoms with Crippen molar-refractivity contribution < 1.29 is 4.42 Å². The Morgan fingerprint density at radius 3 is 1.72 bits per heavy atom. The zero-order valence-corrected chi connectivity index (χ0v) is 38.4. The van der Waals surface area contributed by atoms with Crippen LogP contribution in [0.4, 0.5) is 5.69 Å². The van der Waals surface area contributed by atoms with Gasteiger partial charge in [0.15, 0.2) is 0 Å². The van der Waals surface area contributed by atoms with Gasteiger partial charge < -0.3 is 13.6 Å². The SMILES string of the molecule is CC(=Nc1ccccc1C)c1ccccc1.Cc1cccc2oc3c(c12)CC(c1ccc2c(c1)c1cc(-c4ccc5c(c4)c4ccccc4n5-c4ccccc4)ccc1n2-c1ccccc1)C=C3. The van der Waals surface area contributed by atoms with Gasteiger partial charge in [0.1, 0.15) is 11.3 Å². The minimum Gasteiger partial charge on any atom is -0.456 e. The van der Waals surface area contributed by atoms with Gasteiger partial charge in [-0.05, 0) is 146 Å². The number of nitrogens with zero attached hydrogens (tertiary/aromatic N) is 3. The van der Waals surface area contributed by atoms with Gasteiger partial charge in [-0.15, -0.1) is 0 Å². The molecule has 0 bridgehead atoms. The van der Waals surface area contributed by atoms with E-state index in [1.165, 1.54) is 99.3 Å². The van der Waals surface area contributed by atoms with Gasteiger partial charge in [-0.2, -0.15) is 0 Å². The fourth-order valence-corrected chi connectivity index (χ4v) is 10.4. The molecular formula is C64H49N3O. The lowest BCUT2D eigenvalue weighted by atomic mass is 9.85. The Morgan fingerprint density at radius 2 is 1.04 bits per heavy atom. The van der Waals surface area contributed by atoms with Crippen molar-refractivity contribution in [2.75, 3.05) is 0 Å². The number of aliphatic imine (C=N–C) groups is 1. The van der Waals surface area contributed by atoms with E-state index in [4.69, 9.17) is 4.42 Å². The topological polar surface area (TPSA) is 35.4 Å². The normalized spacial score (nSPS) is 13.6. The van der Waals surface area contributed by atoms with Gasteiger partial charge in [-0.25, -0.2) is 0 Å². The van der Waals surface area contributed by atoms with Crippen molar-refractivity contribution in [2.45, 2.75) is 33.1 Å². The van der Waals surface area contributed by atoms with Crippen LogP contribution in [0.1, 0.15) is 46.4 Å². The number of hydrogen-bond acceptors (Lipinski definition) is 2. The van der Waals surface area contributed by atoms with Crippen LogP contribution in [-0.4, -0.2) is 14.8 Å². The second-order valence-corrected chi connectivity index (χ2v) is 18.0. The summed E-state index contributed by atoms with van der Waals surface area (Å²) in [6.45, 7) is 6.31. The molecule has 0 amide bonds. The average molecular weight is 876 g/mol. The van der Waals surface area contributed by atoms with E-state index < -0.39 is 0 Å². The van der Waals surface area contributed by atoms with Crippen LogP contribution in [0.25, 0.3) is 83.2 Å². The molecule has 12 aromatic rings. The lowest BCUT2D eigenvalue weighted by Gasteiger charge is -2.18. The highest BCUT2D eigenvalue weighted by molar-refractivity contribution is 6.13. The molecule has 68 heavy (non-hydrogen) atoms. The third-order valence-corrected chi connectivity index (χ3v) is 13.8. The second kappa shape index (κ2) is 17.1. The van der Waals surface area contributed by atoms with E-state index in [2.05, 4.69) is 216 Å². The van der Waals surface area contributed by atoms with Crippen LogP contribution >= 0.6 is 0 Å². The molecule has 4 heteroatoms. The zero-order valence-electron chi connectivity index (χ0n) is 38.4. The van der Waals surface area contributed by atoms with E-state index in [-0.39, 0.29) is 5.92 Å². The number of para-hydroxylation sites is 4. The second-order valence-electron chi connectivity index (χ2n) is 18.0. The van der Waals surface area contributed by atoms with Gasteiger partial charge >= 0.3 is 0 Å². The van der Waals surface area contributed by atoms with Crippen LogP contribution in [0.3, 0.4) is 0 Å². The van der Waals surface area contributed by atoms with E-state index in [1.807, 2.05) is 43.3 Å². The number of allylic oxidation sites excluding steroid dienone is 1. The number of aromatic nitrogens is 2. The van der Waals surface area contributed by atoms with Gasteiger partial charge in [0, 0.05) is 55.5 Å². The molecule has 326 valence electrons. The van der Waals surface area contributed by atoms with E-state index in [0.29, 0.717) is 0 Å². The highest BCUT2D eigenvalue weighted by atomic mass is 16.3. The quantitative estimate of drug-likeness (QED) is 0.153. The molecule has 4 nitrogen and oxygen atoms in total.